The number of carbonyl (C=O) groups excluding carboxylic acids is 1. The highest BCUT2D eigenvalue weighted by Gasteiger charge is 2.28. The van der Waals surface area contributed by atoms with Crippen LogP contribution in [0.2, 0.25) is 0 Å². The van der Waals surface area contributed by atoms with E-state index in [1.807, 2.05) is 6.08 Å². The number of amides is 2. The van der Waals surface area contributed by atoms with E-state index in [0.717, 1.165) is 6.42 Å². The highest BCUT2D eigenvalue weighted by atomic mass is 16.5. The quantitative estimate of drug-likeness (QED) is 0.762. The van der Waals surface area contributed by atoms with Gasteiger partial charge in [-0.1, -0.05) is 13.0 Å². The van der Waals surface area contributed by atoms with Crippen LogP contribution in [0.5, 0.6) is 0 Å². The largest absolute Gasteiger partial charge is 0.480 e. The van der Waals surface area contributed by atoms with Crippen LogP contribution in [0, 0.1) is 0 Å². The minimum absolute atomic E-state index is 0.234. The van der Waals surface area contributed by atoms with Crippen LogP contribution in [-0.4, -0.2) is 66.8 Å². The van der Waals surface area contributed by atoms with E-state index >= 15 is 0 Å². The normalized spacial score (nSPS) is 16.8. The number of carboxylic acids is 1. The van der Waals surface area contributed by atoms with Gasteiger partial charge in [0.2, 0.25) is 0 Å². The second kappa shape index (κ2) is 7.13. The van der Waals surface area contributed by atoms with Crippen molar-refractivity contribution in [1.82, 2.24) is 9.80 Å². The zero-order chi connectivity index (χ0) is 14.4. The Bertz CT molecular complexity index is 368. The Balaban J connectivity index is 2.62. The smallest absolute Gasteiger partial charge is 0.326 e. The van der Waals surface area contributed by atoms with Crippen LogP contribution < -0.4 is 0 Å². The van der Waals surface area contributed by atoms with Crippen LogP contribution in [-0.2, 0) is 9.53 Å². The van der Waals surface area contributed by atoms with E-state index in [1.54, 1.807) is 26.0 Å². The summed E-state index contributed by atoms with van der Waals surface area (Å²) in [5.41, 5.74) is 1.18. The lowest BCUT2D eigenvalue weighted by molar-refractivity contribution is -0.142. The van der Waals surface area contributed by atoms with Crippen LogP contribution >= 0.6 is 0 Å². The summed E-state index contributed by atoms with van der Waals surface area (Å²) in [4.78, 5) is 26.2. The molecule has 0 fully saturated rings. The number of carbonyl (C=O) groups is 2. The summed E-state index contributed by atoms with van der Waals surface area (Å²) in [5, 5.41) is 9.06. The molecule has 19 heavy (non-hydrogen) atoms. The minimum Gasteiger partial charge on any atom is -0.480 e. The molecule has 1 rings (SSSR count). The first kappa shape index (κ1) is 15.5. The number of hydrogen-bond acceptors (Lipinski definition) is 3. The van der Waals surface area contributed by atoms with E-state index in [4.69, 9.17) is 9.84 Å². The molecule has 1 N–H and O–H groups in total. The summed E-state index contributed by atoms with van der Waals surface area (Å²) in [6.07, 6.45) is 3.15. The van der Waals surface area contributed by atoms with Gasteiger partial charge < -0.3 is 19.6 Å². The Morgan fingerprint density at radius 3 is 2.68 bits per heavy atom. The van der Waals surface area contributed by atoms with Gasteiger partial charge in [0.05, 0.1) is 6.61 Å². The zero-order valence-electron chi connectivity index (χ0n) is 11.8. The maximum absolute atomic E-state index is 12.2. The van der Waals surface area contributed by atoms with Gasteiger partial charge in [0.1, 0.15) is 6.04 Å². The van der Waals surface area contributed by atoms with Crippen molar-refractivity contribution in [2.75, 3.05) is 33.9 Å². The first-order chi connectivity index (χ1) is 9.01. The van der Waals surface area contributed by atoms with Gasteiger partial charge >= 0.3 is 12.0 Å². The Morgan fingerprint density at radius 2 is 2.26 bits per heavy atom. The van der Waals surface area contributed by atoms with Crippen molar-refractivity contribution in [3.63, 3.8) is 0 Å². The maximum atomic E-state index is 12.2. The molecule has 0 aliphatic carbocycles. The number of hydrogen-bond donors (Lipinski definition) is 1. The molecule has 1 heterocycles. The molecule has 0 spiro atoms. The van der Waals surface area contributed by atoms with Crippen molar-refractivity contribution < 1.29 is 19.4 Å². The van der Waals surface area contributed by atoms with Gasteiger partial charge in [-0.2, -0.15) is 0 Å². The average Bonchev–Trinajstić information content (AvgIpc) is 2.39. The molecule has 6 heteroatoms. The van der Waals surface area contributed by atoms with Crippen molar-refractivity contribution in [2.24, 2.45) is 0 Å². The highest BCUT2D eigenvalue weighted by molar-refractivity contribution is 5.82. The third-order valence-electron chi connectivity index (χ3n) is 3.34. The number of likely N-dealkylation sites (N-methyl/N-ethyl adjacent to an activating group) is 1. The Kier molecular flexibility index (Phi) is 5.82. The molecule has 0 radical (unpaired) electrons. The molecule has 0 saturated carbocycles. The summed E-state index contributed by atoms with van der Waals surface area (Å²) in [7, 11) is 3.18. The van der Waals surface area contributed by atoms with Crippen LogP contribution in [0.15, 0.2) is 11.6 Å². The molecule has 0 aromatic rings. The summed E-state index contributed by atoms with van der Waals surface area (Å²) in [6.45, 7) is 3.46. The lowest BCUT2D eigenvalue weighted by atomic mass is 10.1. The molecule has 0 aromatic carbocycles. The molecular formula is C13H22N2O4. The predicted molar refractivity (Wildman–Crippen MR) is 71.0 cm³/mol. The molecule has 1 aliphatic rings. The summed E-state index contributed by atoms with van der Waals surface area (Å²) >= 11 is 0. The first-order valence-corrected chi connectivity index (χ1v) is 6.42. The second-order valence-corrected chi connectivity index (χ2v) is 4.65. The monoisotopic (exact) mass is 270 g/mol. The van der Waals surface area contributed by atoms with E-state index in [0.29, 0.717) is 26.1 Å². The van der Waals surface area contributed by atoms with Gasteiger partial charge in [0, 0.05) is 27.2 Å². The van der Waals surface area contributed by atoms with Crippen LogP contribution in [0.4, 0.5) is 4.79 Å². The Hall–Kier alpha value is -1.56. The van der Waals surface area contributed by atoms with Gasteiger partial charge in [0.25, 0.3) is 0 Å². The van der Waals surface area contributed by atoms with Crippen molar-refractivity contribution in [1.29, 1.82) is 0 Å². The topological polar surface area (TPSA) is 70.1 Å². The number of carboxylic acid groups (broad SMARTS) is 1. The maximum Gasteiger partial charge on any atom is 0.326 e. The van der Waals surface area contributed by atoms with E-state index in [1.165, 1.54) is 10.5 Å². The highest BCUT2D eigenvalue weighted by Crippen LogP contribution is 2.14. The summed E-state index contributed by atoms with van der Waals surface area (Å²) in [6, 6.07) is -1.00. The molecule has 6 nitrogen and oxygen atoms in total. The lowest BCUT2D eigenvalue weighted by Gasteiger charge is -2.33. The fourth-order valence-electron chi connectivity index (χ4n) is 2.17. The molecule has 0 aromatic heterocycles. The van der Waals surface area contributed by atoms with E-state index in [-0.39, 0.29) is 6.03 Å². The fraction of sp³-hybridized carbons (Fsp3) is 0.692. The van der Waals surface area contributed by atoms with Gasteiger partial charge in [0.15, 0.2) is 0 Å². The molecule has 0 bridgehead atoms. The van der Waals surface area contributed by atoms with Gasteiger partial charge in [-0.15, -0.1) is 0 Å². The molecule has 1 aliphatic heterocycles. The van der Waals surface area contributed by atoms with Crippen molar-refractivity contribution in [2.45, 2.75) is 25.8 Å². The molecule has 1 unspecified atom stereocenters. The Labute approximate surface area is 113 Å². The van der Waals surface area contributed by atoms with Crippen LogP contribution in [0.3, 0.4) is 0 Å². The number of nitrogens with zero attached hydrogens (tertiary/aromatic N) is 2. The van der Waals surface area contributed by atoms with Gasteiger partial charge in [-0.05, 0) is 18.4 Å². The second-order valence-electron chi connectivity index (χ2n) is 4.65. The van der Waals surface area contributed by atoms with Crippen LogP contribution in [0.25, 0.3) is 0 Å². The van der Waals surface area contributed by atoms with E-state index < -0.39 is 12.0 Å². The van der Waals surface area contributed by atoms with Gasteiger partial charge in [-0.3, -0.25) is 0 Å². The Morgan fingerprint density at radius 1 is 1.58 bits per heavy atom. The molecule has 0 saturated heterocycles. The fourth-order valence-corrected chi connectivity index (χ4v) is 2.17. The number of aliphatic carboxylic acids is 1. The number of rotatable bonds is 5. The molecule has 108 valence electrons. The zero-order valence-corrected chi connectivity index (χ0v) is 11.8. The SMILES string of the molecule is CCC(C(=O)O)N(C)C(=O)N1CC=C(COC)CC1. The molecule has 1 atom stereocenters. The first-order valence-electron chi connectivity index (χ1n) is 6.42. The number of ether oxygens (including phenoxy) is 1. The molecule has 2 amide bonds. The van der Waals surface area contributed by atoms with Gasteiger partial charge in [-0.25, -0.2) is 9.59 Å². The number of urea groups is 1. The third-order valence-corrected chi connectivity index (χ3v) is 3.34. The van der Waals surface area contributed by atoms with E-state index in [9.17, 15) is 9.59 Å². The predicted octanol–water partition coefficient (Wildman–Crippen LogP) is 1.18. The third kappa shape index (κ3) is 3.96. The number of methoxy groups -OCH3 is 1. The lowest BCUT2D eigenvalue weighted by Crippen LogP contribution is -2.49. The van der Waals surface area contributed by atoms with E-state index in [2.05, 4.69) is 0 Å². The van der Waals surface area contributed by atoms with Crippen LogP contribution in [0.1, 0.15) is 19.8 Å². The van der Waals surface area contributed by atoms with Crippen molar-refractivity contribution in [3.05, 3.63) is 11.6 Å². The standard InChI is InChI=1S/C13H22N2O4/c1-4-11(12(16)17)14(2)13(18)15-7-5-10(6-8-15)9-19-3/h5,11H,4,6-9H2,1-3H3,(H,16,17). The van der Waals surface area contributed by atoms with Crippen molar-refractivity contribution >= 4 is 12.0 Å². The summed E-state index contributed by atoms with van der Waals surface area (Å²) < 4.78 is 5.05. The molecular weight excluding hydrogens is 248 g/mol. The van der Waals surface area contributed by atoms with Crippen molar-refractivity contribution in [3.8, 4) is 0 Å². The average molecular weight is 270 g/mol. The summed E-state index contributed by atoms with van der Waals surface area (Å²) in [5.74, 6) is -0.967. The minimum atomic E-state index is -0.967.